The molecule has 5 nitrogen and oxygen atoms in total. The molecule has 2 aromatic carbocycles. The number of halogens is 2. The van der Waals surface area contributed by atoms with Gasteiger partial charge in [-0.2, -0.15) is 0 Å². The first-order valence-electron chi connectivity index (χ1n) is 11.7. The number of likely N-dealkylation sites (N-methyl/N-ethyl adjacent to an activating group) is 1. The van der Waals surface area contributed by atoms with Gasteiger partial charge in [-0.05, 0) is 61.2 Å². The zero-order chi connectivity index (χ0) is 24.5. The number of benzene rings is 2. The van der Waals surface area contributed by atoms with Crippen molar-refractivity contribution in [2.45, 2.75) is 43.2 Å². The van der Waals surface area contributed by atoms with Crippen LogP contribution in [-0.4, -0.2) is 64.7 Å². The molecular weight excluding hydrogens is 471 g/mol. The predicted octanol–water partition coefficient (Wildman–Crippen LogP) is 4.67. The molecule has 4 atom stereocenters. The topological polar surface area (TPSA) is 64.0 Å². The SMILES string of the molecule is C=CCN1CC[C@@]2(c3cccc(O)c3)C[C@H](N(C)C(=O)Cc3ccc(Cl)c(Cl)c3)CC(O)[C@@H]2C1. The van der Waals surface area contributed by atoms with Crippen LogP contribution in [0.5, 0.6) is 5.75 Å². The summed E-state index contributed by atoms with van der Waals surface area (Å²) in [6, 6.07) is 12.5. The van der Waals surface area contributed by atoms with Crippen molar-refractivity contribution in [2.75, 3.05) is 26.7 Å². The van der Waals surface area contributed by atoms with E-state index in [2.05, 4.69) is 11.5 Å². The first kappa shape index (κ1) is 25.1. The Balaban J connectivity index is 1.60. The van der Waals surface area contributed by atoms with Crippen LogP contribution in [0, 0.1) is 5.92 Å². The highest BCUT2D eigenvalue weighted by atomic mass is 35.5. The number of phenolic OH excluding ortho intramolecular Hbond substituents is 1. The van der Waals surface area contributed by atoms with Crippen LogP contribution in [0.2, 0.25) is 10.0 Å². The normalized spacial score (nSPS) is 27.1. The molecule has 2 aromatic rings. The van der Waals surface area contributed by atoms with E-state index in [0.29, 0.717) is 16.5 Å². The standard InChI is InChI=1S/C27H32Cl2N2O3/c1-3-10-31-11-9-27(19-5-4-6-21(32)14-19)16-20(15-25(33)22(27)17-31)30(2)26(34)13-18-7-8-23(28)24(29)12-18/h3-8,12,14,20,22,25,32-33H,1,9-11,13,15-17H2,2H3/t20-,22+,25?,27+/m1/s1. The van der Waals surface area contributed by atoms with Gasteiger partial charge in [-0.1, -0.05) is 47.5 Å². The van der Waals surface area contributed by atoms with Crippen molar-refractivity contribution in [1.82, 2.24) is 9.80 Å². The van der Waals surface area contributed by atoms with Gasteiger partial charge in [-0.15, -0.1) is 6.58 Å². The van der Waals surface area contributed by atoms with Crippen molar-refractivity contribution in [1.29, 1.82) is 0 Å². The lowest BCUT2D eigenvalue weighted by atomic mass is 9.56. The fraction of sp³-hybridized carbons (Fsp3) is 0.444. The lowest BCUT2D eigenvalue weighted by Crippen LogP contribution is -2.61. The van der Waals surface area contributed by atoms with Crippen LogP contribution in [0.25, 0.3) is 0 Å². The molecule has 0 radical (unpaired) electrons. The number of hydrogen-bond acceptors (Lipinski definition) is 4. The summed E-state index contributed by atoms with van der Waals surface area (Å²) in [7, 11) is 1.82. The Morgan fingerprint density at radius 3 is 2.76 bits per heavy atom. The number of phenols is 1. The predicted molar refractivity (Wildman–Crippen MR) is 136 cm³/mol. The number of aliphatic hydroxyl groups excluding tert-OH is 1. The van der Waals surface area contributed by atoms with E-state index in [1.54, 1.807) is 23.1 Å². The second-order valence-corrected chi connectivity index (χ2v) is 10.5. The molecule has 182 valence electrons. The minimum atomic E-state index is -0.561. The number of hydrogen-bond donors (Lipinski definition) is 2. The molecule has 1 saturated carbocycles. The number of amides is 1. The molecule has 1 unspecified atom stereocenters. The smallest absolute Gasteiger partial charge is 0.226 e. The monoisotopic (exact) mass is 502 g/mol. The molecule has 2 fully saturated rings. The maximum Gasteiger partial charge on any atom is 0.226 e. The molecule has 7 heteroatoms. The molecule has 1 amide bonds. The van der Waals surface area contributed by atoms with Crippen molar-refractivity contribution in [3.05, 3.63) is 76.3 Å². The number of nitrogens with zero attached hydrogens (tertiary/aromatic N) is 2. The van der Waals surface area contributed by atoms with Gasteiger partial charge in [0, 0.05) is 37.5 Å². The van der Waals surface area contributed by atoms with Gasteiger partial charge in [0.15, 0.2) is 0 Å². The Morgan fingerprint density at radius 1 is 1.26 bits per heavy atom. The second kappa shape index (κ2) is 10.3. The van der Waals surface area contributed by atoms with E-state index in [-0.39, 0.29) is 35.5 Å². The number of carbonyl (C=O) groups is 1. The highest BCUT2D eigenvalue weighted by Crippen LogP contribution is 2.50. The van der Waals surface area contributed by atoms with E-state index in [0.717, 1.165) is 43.6 Å². The fourth-order valence-corrected chi connectivity index (χ4v) is 6.19. The van der Waals surface area contributed by atoms with Gasteiger partial charge in [-0.3, -0.25) is 9.69 Å². The summed E-state index contributed by atoms with van der Waals surface area (Å²) < 4.78 is 0. The minimum Gasteiger partial charge on any atom is -0.508 e. The Bertz CT molecular complexity index is 1060. The van der Waals surface area contributed by atoms with Gasteiger partial charge in [0.2, 0.25) is 5.91 Å². The molecule has 1 saturated heterocycles. The molecule has 1 heterocycles. The maximum absolute atomic E-state index is 13.2. The highest BCUT2D eigenvalue weighted by molar-refractivity contribution is 6.42. The molecule has 2 aliphatic rings. The van der Waals surface area contributed by atoms with Crippen LogP contribution in [0.15, 0.2) is 55.1 Å². The molecule has 4 rings (SSSR count). The zero-order valence-electron chi connectivity index (χ0n) is 19.5. The van der Waals surface area contributed by atoms with Gasteiger partial charge in [-0.25, -0.2) is 0 Å². The van der Waals surface area contributed by atoms with Gasteiger partial charge < -0.3 is 15.1 Å². The van der Waals surface area contributed by atoms with Gasteiger partial charge in [0.05, 0.1) is 22.6 Å². The number of carbonyl (C=O) groups excluding carboxylic acids is 1. The van der Waals surface area contributed by atoms with Crippen molar-refractivity contribution in [3.63, 3.8) is 0 Å². The van der Waals surface area contributed by atoms with Crippen LogP contribution < -0.4 is 0 Å². The molecule has 1 aliphatic heterocycles. The number of rotatable bonds is 6. The average Bonchev–Trinajstić information content (AvgIpc) is 2.81. The van der Waals surface area contributed by atoms with E-state index in [9.17, 15) is 15.0 Å². The zero-order valence-corrected chi connectivity index (χ0v) is 21.0. The number of aliphatic hydroxyl groups is 1. The summed E-state index contributed by atoms with van der Waals surface area (Å²) in [5.41, 5.74) is 1.52. The number of fused-ring (bicyclic) bond motifs is 1. The van der Waals surface area contributed by atoms with Crippen LogP contribution in [0.1, 0.15) is 30.4 Å². The van der Waals surface area contributed by atoms with Crippen molar-refractivity contribution < 1.29 is 15.0 Å². The Kier molecular flexibility index (Phi) is 7.58. The van der Waals surface area contributed by atoms with E-state index < -0.39 is 6.10 Å². The lowest BCUT2D eigenvalue weighted by Gasteiger charge is -2.56. The van der Waals surface area contributed by atoms with Crippen LogP contribution in [0.4, 0.5) is 0 Å². The van der Waals surface area contributed by atoms with Crippen LogP contribution in [-0.2, 0) is 16.6 Å². The summed E-state index contributed by atoms with van der Waals surface area (Å²) in [4.78, 5) is 17.3. The Morgan fingerprint density at radius 2 is 2.06 bits per heavy atom. The third-order valence-electron chi connectivity index (χ3n) is 7.71. The number of likely N-dealkylation sites (tertiary alicyclic amines) is 1. The molecule has 0 aromatic heterocycles. The molecule has 0 spiro atoms. The molecule has 2 N–H and O–H groups in total. The van der Waals surface area contributed by atoms with Gasteiger partial charge in [0.25, 0.3) is 0 Å². The van der Waals surface area contributed by atoms with E-state index in [1.165, 1.54) is 0 Å². The fourth-order valence-electron chi connectivity index (χ4n) is 5.87. The summed E-state index contributed by atoms with van der Waals surface area (Å²) in [5.74, 6) is 0.210. The average molecular weight is 503 g/mol. The van der Waals surface area contributed by atoms with E-state index in [4.69, 9.17) is 23.2 Å². The maximum atomic E-state index is 13.2. The first-order valence-corrected chi connectivity index (χ1v) is 12.5. The Hall–Kier alpha value is -2.05. The largest absolute Gasteiger partial charge is 0.508 e. The Labute approximate surface area is 211 Å². The van der Waals surface area contributed by atoms with Crippen molar-refractivity contribution in [2.24, 2.45) is 5.92 Å². The van der Waals surface area contributed by atoms with Crippen molar-refractivity contribution in [3.8, 4) is 5.75 Å². The van der Waals surface area contributed by atoms with E-state index >= 15 is 0 Å². The third kappa shape index (κ3) is 4.99. The lowest BCUT2D eigenvalue weighted by molar-refractivity contribution is -0.135. The summed E-state index contributed by atoms with van der Waals surface area (Å²) in [5, 5.41) is 22.5. The number of aromatic hydroxyl groups is 1. The molecule has 34 heavy (non-hydrogen) atoms. The van der Waals surface area contributed by atoms with Gasteiger partial charge >= 0.3 is 0 Å². The van der Waals surface area contributed by atoms with Gasteiger partial charge in [0.1, 0.15) is 5.75 Å². The second-order valence-electron chi connectivity index (χ2n) is 9.70. The quantitative estimate of drug-likeness (QED) is 0.563. The first-order chi connectivity index (χ1) is 16.2. The van der Waals surface area contributed by atoms with E-state index in [1.807, 2.05) is 37.4 Å². The summed E-state index contributed by atoms with van der Waals surface area (Å²) in [6.07, 6.45) is 3.66. The molecule has 1 aliphatic carbocycles. The number of piperidine rings is 1. The van der Waals surface area contributed by atoms with Crippen LogP contribution >= 0.6 is 23.2 Å². The molecular formula is C27H32Cl2N2O3. The molecule has 0 bridgehead atoms. The summed E-state index contributed by atoms with van der Waals surface area (Å²) >= 11 is 12.1. The summed E-state index contributed by atoms with van der Waals surface area (Å²) in [6.45, 7) is 6.28. The minimum absolute atomic E-state index is 0.0119. The third-order valence-corrected chi connectivity index (χ3v) is 8.44. The van der Waals surface area contributed by atoms with Crippen molar-refractivity contribution >= 4 is 29.1 Å². The van der Waals surface area contributed by atoms with Crippen LogP contribution in [0.3, 0.4) is 0 Å². The highest BCUT2D eigenvalue weighted by Gasteiger charge is 2.52.